The van der Waals surface area contributed by atoms with E-state index in [1.54, 1.807) is 0 Å². The fourth-order valence-electron chi connectivity index (χ4n) is 3.76. The van der Waals surface area contributed by atoms with Crippen molar-refractivity contribution in [3.05, 3.63) is 59.1 Å². The molecule has 1 aliphatic rings. The van der Waals surface area contributed by atoms with Crippen molar-refractivity contribution in [2.75, 3.05) is 6.61 Å². The number of amides is 1. The van der Waals surface area contributed by atoms with Gasteiger partial charge in [-0.15, -0.1) is 0 Å². The molecule has 1 atom stereocenters. The number of nitrogens with one attached hydrogen (secondary N) is 2. The van der Waals surface area contributed by atoms with E-state index in [2.05, 4.69) is 10.0 Å². The first-order valence-electron chi connectivity index (χ1n) is 10.7. The van der Waals surface area contributed by atoms with Gasteiger partial charge in [0.25, 0.3) is 0 Å². The highest BCUT2D eigenvalue weighted by atomic mass is 35.5. The Balaban J connectivity index is 1.80. The predicted molar refractivity (Wildman–Crippen MR) is 122 cm³/mol. The van der Waals surface area contributed by atoms with Crippen LogP contribution in [0.25, 0.3) is 0 Å². The lowest BCUT2D eigenvalue weighted by Gasteiger charge is -2.26. The van der Waals surface area contributed by atoms with Gasteiger partial charge >= 0.3 is 0 Å². The summed E-state index contributed by atoms with van der Waals surface area (Å²) >= 11 is 6.18. The predicted octanol–water partition coefficient (Wildman–Crippen LogP) is 4.08. The Hall–Kier alpha value is -2.09. The summed E-state index contributed by atoms with van der Waals surface area (Å²) in [5.74, 6) is 0.107. The van der Waals surface area contributed by atoms with Crippen LogP contribution in [0.5, 0.6) is 5.75 Å². The van der Waals surface area contributed by atoms with E-state index in [4.69, 9.17) is 16.3 Å². The van der Waals surface area contributed by atoms with Crippen molar-refractivity contribution in [1.29, 1.82) is 0 Å². The van der Waals surface area contributed by atoms with Crippen molar-refractivity contribution in [1.82, 2.24) is 10.0 Å². The Morgan fingerprint density at radius 3 is 2.48 bits per heavy atom. The van der Waals surface area contributed by atoms with Gasteiger partial charge in [-0.25, -0.2) is 8.42 Å². The standard InChI is InChI=1S/C23H29ClN2O4S/c1-2-30-22-14-13-19(16-20(22)24)31(28,29)26-21(15-17-9-5-3-6-10-17)23(27)25-18-11-7-4-8-12-18/h3,5-6,9-10,13-14,16,18,21,26H,2,4,7-8,11-12,15H2,1H3,(H,25,27)/t21-/m1/s1. The summed E-state index contributed by atoms with van der Waals surface area (Å²) < 4.78 is 34.1. The molecular weight excluding hydrogens is 436 g/mol. The molecule has 0 radical (unpaired) electrons. The molecule has 0 unspecified atom stereocenters. The molecule has 0 spiro atoms. The van der Waals surface area contributed by atoms with Crippen LogP contribution in [-0.2, 0) is 21.2 Å². The van der Waals surface area contributed by atoms with E-state index < -0.39 is 16.1 Å². The highest BCUT2D eigenvalue weighted by molar-refractivity contribution is 7.89. The van der Waals surface area contributed by atoms with Crippen molar-refractivity contribution < 1.29 is 17.9 Å². The monoisotopic (exact) mass is 464 g/mol. The lowest BCUT2D eigenvalue weighted by atomic mass is 9.95. The van der Waals surface area contributed by atoms with Crippen LogP contribution in [0, 0.1) is 0 Å². The molecule has 2 aromatic rings. The maximum absolute atomic E-state index is 13.1. The van der Waals surface area contributed by atoms with Crippen LogP contribution >= 0.6 is 11.6 Å². The lowest BCUT2D eigenvalue weighted by Crippen LogP contribution is -2.50. The first-order chi connectivity index (χ1) is 14.9. The molecule has 0 aliphatic heterocycles. The summed E-state index contributed by atoms with van der Waals surface area (Å²) in [5, 5.41) is 3.24. The van der Waals surface area contributed by atoms with Crippen LogP contribution in [-0.4, -0.2) is 33.0 Å². The van der Waals surface area contributed by atoms with Gasteiger partial charge in [0.2, 0.25) is 15.9 Å². The van der Waals surface area contributed by atoms with Crippen molar-refractivity contribution in [3.8, 4) is 5.75 Å². The maximum Gasteiger partial charge on any atom is 0.241 e. The van der Waals surface area contributed by atoms with Crippen LogP contribution in [0.15, 0.2) is 53.4 Å². The molecule has 3 rings (SSSR count). The zero-order valence-electron chi connectivity index (χ0n) is 17.6. The Morgan fingerprint density at radius 1 is 1.13 bits per heavy atom. The lowest BCUT2D eigenvalue weighted by molar-refractivity contribution is -0.123. The summed E-state index contributed by atoms with van der Waals surface area (Å²) in [6.07, 6.45) is 5.42. The van der Waals surface area contributed by atoms with Gasteiger partial charge in [-0.1, -0.05) is 61.2 Å². The smallest absolute Gasteiger partial charge is 0.241 e. The molecule has 1 saturated carbocycles. The molecule has 2 aromatic carbocycles. The molecule has 168 valence electrons. The largest absolute Gasteiger partial charge is 0.492 e. The van der Waals surface area contributed by atoms with E-state index in [0.29, 0.717) is 12.4 Å². The second-order valence-electron chi connectivity index (χ2n) is 7.73. The van der Waals surface area contributed by atoms with Crippen LogP contribution in [0.3, 0.4) is 0 Å². The second kappa shape index (κ2) is 11.0. The number of hydrogen-bond donors (Lipinski definition) is 2. The molecule has 6 nitrogen and oxygen atoms in total. The quantitative estimate of drug-likeness (QED) is 0.585. The van der Waals surface area contributed by atoms with E-state index >= 15 is 0 Å². The Morgan fingerprint density at radius 2 is 1.84 bits per heavy atom. The fraction of sp³-hybridized carbons (Fsp3) is 0.435. The summed E-state index contributed by atoms with van der Waals surface area (Å²) in [6, 6.07) is 12.8. The van der Waals surface area contributed by atoms with Crippen molar-refractivity contribution in [2.45, 2.75) is 62.4 Å². The molecule has 0 bridgehead atoms. The molecular formula is C23H29ClN2O4S. The summed E-state index contributed by atoms with van der Waals surface area (Å²) in [6.45, 7) is 2.24. The Bertz CT molecular complexity index is 976. The molecule has 0 heterocycles. The third-order valence-corrected chi connectivity index (χ3v) is 7.13. The number of ether oxygens (including phenoxy) is 1. The van der Waals surface area contributed by atoms with Gasteiger partial charge < -0.3 is 10.1 Å². The minimum absolute atomic E-state index is 0.00974. The Labute approximate surface area is 189 Å². The molecule has 31 heavy (non-hydrogen) atoms. The number of rotatable bonds is 9. The van der Waals surface area contributed by atoms with Gasteiger partial charge in [-0.05, 0) is 49.9 Å². The first kappa shape index (κ1) is 23.6. The van der Waals surface area contributed by atoms with E-state index in [1.807, 2.05) is 37.3 Å². The molecule has 1 aliphatic carbocycles. The van der Waals surface area contributed by atoms with Crippen molar-refractivity contribution >= 4 is 27.5 Å². The molecule has 2 N–H and O–H groups in total. The fourth-order valence-corrected chi connectivity index (χ4v) is 5.28. The number of hydrogen-bond acceptors (Lipinski definition) is 4. The van der Waals surface area contributed by atoms with Crippen LogP contribution < -0.4 is 14.8 Å². The number of sulfonamides is 1. The van der Waals surface area contributed by atoms with Gasteiger partial charge in [0.1, 0.15) is 11.8 Å². The van der Waals surface area contributed by atoms with Crippen LogP contribution in [0.4, 0.5) is 0 Å². The van der Waals surface area contributed by atoms with Gasteiger partial charge in [0.15, 0.2) is 0 Å². The molecule has 1 amide bonds. The third kappa shape index (κ3) is 6.69. The molecule has 0 saturated heterocycles. The van der Waals surface area contributed by atoms with Crippen LogP contribution in [0.2, 0.25) is 5.02 Å². The normalized spacial score (nSPS) is 15.9. The van der Waals surface area contributed by atoms with E-state index in [9.17, 15) is 13.2 Å². The minimum atomic E-state index is -3.97. The van der Waals surface area contributed by atoms with E-state index in [0.717, 1.165) is 31.2 Å². The van der Waals surface area contributed by atoms with E-state index in [1.165, 1.54) is 24.6 Å². The summed E-state index contributed by atoms with van der Waals surface area (Å²) in [7, 11) is -3.97. The van der Waals surface area contributed by atoms with Crippen LogP contribution in [0.1, 0.15) is 44.6 Å². The molecule has 8 heteroatoms. The average molecular weight is 465 g/mol. The maximum atomic E-state index is 13.1. The highest BCUT2D eigenvalue weighted by Crippen LogP contribution is 2.27. The van der Waals surface area contributed by atoms with Gasteiger partial charge in [-0.3, -0.25) is 4.79 Å². The van der Waals surface area contributed by atoms with Crippen molar-refractivity contribution in [2.24, 2.45) is 0 Å². The number of halogens is 1. The van der Waals surface area contributed by atoms with Gasteiger partial charge in [0, 0.05) is 6.04 Å². The SMILES string of the molecule is CCOc1ccc(S(=O)(=O)N[C@H](Cc2ccccc2)C(=O)NC2CCCCC2)cc1Cl. The Kier molecular flexibility index (Phi) is 8.35. The highest BCUT2D eigenvalue weighted by Gasteiger charge is 2.28. The van der Waals surface area contributed by atoms with Gasteiger partial charge in [-0.2, -0.15) is 4.72 Å². The first-order valence-corrected chi connectivity index (χ1v) is 12.5. The zero-order chi connectivity index (χ0) is 22.3. The average Bonchev–Trinajstić information content (AvgIpc) is 2.76. The molecule has 0 aromatic heterocycles. The number of carbonyl (C=O) groups is 1. The third-order valence-electron chi connectivity index (χ3n) is 5.36. The number of carbonyl (C=O) groups excluding carboxylic acids is 1. The topological polar surface area (TPSA) is 84.5 Å². The van der Waals surface area contributed by atoms with Gasteiger partial charge in [0.05, 0.1) is 16.5 Å². The molecule has 1 fully saturated rings. The zero-order valence-corrected chi connectivity index (χ0v) is 19.2. The minimum Gasteiger partial charge on any atom is -0.492 e. The van der Waals surface area contributed by atoms with Crippen molar-refractivity contribution in [3.63, 3.8) is 0 Å². The summed E-state index contributed by atoms with van der Waals surface area (Å²) in [4.78, 5) is 13.0. The van der Waals surface area contributed by atoms with E-state index in [-0.39, 0.29) is 28.3 Å². The second-order valence-corrected chi connectivity index (χ2v) is 9.85. The number of benzene rings is 2. The summed E-state index contributed by atoms with van der Waals surface area (Å²) in [5.41, 5.74) is 0.874.